The predicted octanol–water partition coefficient (Wildman–Crippen LogP) is 0.334. The molecule has 0 spiro atoms. The van der Waals surface area contributed by atoms with Crippen molar-refractivity contribution in [2.75, 3.05) is 13.1 Å². The second-order valence-corrected chi connectivity index (χ2v) is 4.39. The van der Waals surface area contributed by atoms with E-state index in [1.54, 1.807) is 6.20 Å². The van der Waals surface area contributed by atoms with Gasteiger partial charge in [0.2, 0.25) is 0 Å². The number of nitrogens with zero attached hydrogens (tertiary/aromatic N) is 1. The van der Waals surface area contributed by atoms with Crippen molar-refractivity contribution < 1.29 is 4.79 Å². The minimum atomic E-state index is -0.123. The Hall–Kier alpha value is -2.08. The molecule has 1 aliphatic rings. The van der Waals surface area contributed by atoms with E-state index in [0.717, 1.165) is 29.7 Å². The summed E-state index contributed by atoms with van der Waals surface area (Å²) >= 11 is 0. The average molecular weight is 245 g/mol. The van der Waals surface area contributed by atoms with Crippen LogP contribution in [0.1, 0.15) is 5.56 Å². The highest BCUT2D eigenvalue weighted by atomic mass is 16.2. The molecule has 0 aliphatic carbocycles. The van der Waals surface area contributed by atoms with Gasteiger partial charge in [-0.3, -0.25) is 0 Å². The van der Waals surface area contributed by atoms with Crippen LogP contribution in [0.3, 0.4) is 0 Å². The first-order valence-electron chi connectivity index (χ1n) is 5.99. The number of fused-ring (bicyclic) bond motifs is 1. The fourth-order valence-corrected chi connectivity index (χ4v) is 1.97. The molecule has 1 aliphatic heterocycles. The summed E-state index contributed by atoms with van der Waals surface area (Å²) in [6.07, 6.45) is 3.59. The molecular formula is C12H15N5O. The van der Waals surface area contributed by atoms with Gasteiger partial charge in [0.05, 0.1) is 6.04 Å². The number of carbonyl (C=O) groups excluding carboxylic acids is 1. The number of H-pyrrole nitrogens is 1. The number of hydrogen-bond acceptors (Lipinski definition) is 3. The Kier molecular flexibility index (Phi) is 2.85. The molecule has 6 heteroatoms. The molecule has 1 fully saturated rings. The number of aromatic amines is 1. The molecule has 0 radical (unpaired) electrons. The molecule has 6 nitrogen and oxygen atoms in total. The van der Waals surface area contributed by atoms with Gasteiger partial charge in [-0.2, -0.15) is 0 Å². The van der Waals surface area contributed by atoms with Gasteiger partial charge in [0, 0.05) is 37.4 Å². The van der Waals surface area contributed by atoms with Crippen LogP contribution in [-0.2, 0) is 6.54 Å². The molecule has 4 N–H and O–H groups in total. The lowest BCUT2D eigenvalue weighted by Crippen LogP contribution is -2.58. The van der Waals surface area contributed by atoms with E-state index in [9.17, 15) is 4.79 Å². The van der Waals surface area contributed by atoms with E-state index in [2.05, 4.69) is 25.9 Å². The van der Waals surface area contributed by atoms with Gasteiger partial charge in [-0.05, 0) is 17.7 Å². The molecule has 18 heavy (non-hydrogen) atoms. The van der Waals surface area contributed by atoms with Crippen molar-refractivity contribution >= 4 is 17.1 Å². The molecule has 2 aromatic heterocycles. The summed E-state index contributed by atoms with van der Waals surface area (Å²) in [7, 11) is 0. The number of rotatable bonds is 3. The van der Waals surface area contributed by atoms with Crippen molar-refractivity contribution in [3.8, 4) is 0 Å². The van der Waals surface area contributed by atoms with Crippen molar-refractivity contribution in [3.63, 3.8) is 0 Å². The second-order valence-electron chi connectivity index (χ2n) is 4.39. The van der Waals surface area contributed by atoms with Gasteiger partial charge < -0.3 is 20.9 Å². The van der Waals surface area contributed by atoms with E-state index in [-0.39, 0.29) is 12.1 Å². The molecular weight excluding hydrogens is 230 g/mol. The lowest BCUT2D eigenvalue weighted by Gasteiger charge is -2.27. The third-order valence-corrected chi connectivity index (χ3v) is 3.11. The molecule has 3 heterocycles. The van der Waals surface area contributed by atoms with Gasteiger partial charge in [-0.15, -0.1) is 0 Å². The summed E-state index contributed by atoms with van der Waals surface area (Å²) in [5.41, 5.74) is 1.90. The molecule has 0 aromatic carbocycles. The van der Waals surface area contributed by atoms with Crippen LogP contribution < -0.4 is 16.0 Å². The Balaban J connectivity index is 1.62. The molecule has 0 saturated carbocycles. The van der Waals surface area contributed by atoms with E-state index in [4.69, 9.17) is 0 Å². The molecule has 1 saturated heterocycles. The van der Waals surface area contributed by atoms with Crippen LogP contribution in [0.5, 0.6) is 0 Å². The highest BCUT2D eigenvalue weighted by molar-refractivity contribution is 5.80. The first-order chi connectivity index (χ1) is 8.83. The van der Waals surface area contributed by atoms with Gasteiger partial charge in [0.15, 0.2) is 0 Å². The maximum absolute atomic E-state index is 11.6. The van der Waals surface area contributed by atoms with Gasteiger partial charge in [0.1, 0.15) is 5.65 Å². The molecule has 2 amide bonds. The number of pyridine rings is 1. The van der Waals surface area contributed by atoms with Crippen LogP contribution >= 0.6 is 0 Å². The zero-order chi connectivity index (χ0) is 12.4. The van der Waals surface area contributed by atoms with Crippen molar-refractivity contribution in [1.29, 1.82) is 0 Å². The number of urea groups is 1. The molecule has 2 aromatic rings. The summed E-state index contributed by atoms with van der Waals surface area (Å²) in [6.45, 7) is 2.21. The third-order valence-electron chi connectivity index (χ3n) is 3.11. The summed E-state index contributed by atoms with van der Waals surface area (Å²) in [4.78, 5) is 18.9. The van der Waals surface area contributed by atoms with Gasteiger partial charge >= 0.3 is 6.03 Å². The van der Waals surface area contributed by atoms with Crippen LogP contribution in [0, 0.1) is 0 Å². The molecule has 0 bridgehead atoms. The minimum absolute atomic E-state index is 0.123. The Morgan fingerprint density at radius 2 is 2.33 bits per heavy atom. The highest BCUT2D eigenvalue weighted by Gasteiger charge is 2.18. The summed E-state index contributed by atoms with van der Waals surface area (Å²) in [6, 6.07) is 4.02. The minimum Gasteiger partial charge on any atom is -0.346 e. The summed E-state index contributed by atoms with van der Waals surface area (Å²) < 4.78 is 0. The number of nitrogens with one attached hydrogen (secondary N) is 4. The first-order valence-corrected chi connectivity index (χ1v) is 5.99. The van der Waals surface area contributed by atoms with Gasteiger partial charge in [0.25, 0.3) is 0 Å². The normalized spacial score (nSPS) is 15.3. The number of aromatic nitrogens is 2. The fourth-order valence-electron chi connectivity index (χ4n) is 1.97. The van der Waals surface area contributed by atoms with E-state index >= 15 is 0 Å². The lowest BCUT2D eigenvalue weighted by molar-refractivity contribution is 0.231. The monoisotopic (exact) mass is 245 g/mol. The van der Waals surface area contributed by atoms with E-state index < -0.39 is 0 Å². The number of amides is 2. The fraction of sp³-hybridized carbons (Fsp3) is 0.333. The van der Waals surface area contributed by atoms with E-state index in [1.807, 2.05) is 18.3 Å². The average Bonchev–Trinajstić information content (AvgIpc) is 2.80. The maximum atomic E-state index is 11.6. The van der Waals surface area contributed by atoms with Crippen LogP contribution in [-0.4, -0.2) is 35.1 Å². The van der Waals surface area contributed by atoms with Crippen LogP contribution in [0.2, 0.25) is 0 Å². The zero-order valence-electron chi connectivity index (χ0n) is 9.86. The second kappa shape index (κ2) is 4.66. The number of hydrogen-bond donors (Lipinski definition) is 4. The SMILES string of the molecule is O=C(NCc1ccnc2[nH]ccc12)NC1CNC1. The quantitative estimate of drug-likeness (QED) is 0.629. The Bertz CT molecular complexity index is 560. The van der Waals surface area contributed by atoms with E-state index in [1.165, 1.54) is 0 Å². The van der Waals surface area contributed by atoms with Crippen molar-refractivity contribution in [2.24, 2.45) is 0 Å². The van der Waals surface area contributed by atoms with Gasteiger partial charge in [-0.1, -0.05) is 0 Å². The highest BCUT2D eigenvalue weighted by Crippen LogP contribution is 2.14. The van der Waals surface area contributed by atoms with Crippen molar-refractivity contribution in [3.05, 3.63) is 30.1 Å². The number of carbonyl (C=O) groups is 1. The maximum Gasteiger partial charge on any atom is 0.315 e. The smallest absolute Gasteiger partial charge is 0.315 e. The molecule has 94 valence electrons. The Labute approximate surface area is 104 Å². The largest absolute Gasteiger partial charge is 0.346 e. The van der Waals surface area contributed by atoms with Crippen molar-refractivity contribution in [2.45, 2.75) is 12.6 Å². The Morgan fingerprint density at radius 3 is 3.11 bits per heavy atom. The molecule has 0 atom stereocenters. The molecule has 0 unspecified atom stereocenters. The van der Waals surface area contributed by atoms with Crippen LogP contribution in [0.15, 0.2) is 24.5 Å². The molecule has 3 rings (SSSR count). The van der Waals surface area contributed by atoms with Crippen molar-refractivity contribution in [1.82, 2.24) is 25.9 Å². The van der Waals surface area contributed by atoms with Gasteiger partial charge in [-0.25, -0.2) is 9.78 Å². The summed E-state index contributed by atoms with van der Waals surface area (Å²) in [5, 5.41) is 9.90. The topological polar surface area (TPSA) is 81.8 Å². The standard InChI is InChI=1S/C12H15N5O/c18-12(17-9-6-13-7-9)16-5-8-1-3-14-11-10(8)2-4-15-11/h1-4,9,13H,5-7H2,(H,14,15)(H2,16,17,18). The third kappa shape index (κ3) is 2.14. The predicted molar refractivity (Wildman–Crippen MR) is 68.1 cm³/mol. The van der Waals surface area contributed by atoms with Crippen LogP contribution in [0.4, 0.5) is 4.79 Å². The first kappa shape index (κ1) is 11.0. The Morgan fingerprint density at radius 1 is 1.44 bits per heavy atom. The summed E-state index contributed by atoms with van der Waals surface area (Å²) in [5.74, 6) is 0. The van der Waals surface area contributed by atoms with E-state index in [0.29, 0.717) is 6.54 Å². The lowest BCUT2D eigenvalue weighted by atomic mass is 10.2. The zero-order valence-corrected chi connectivity index (χ0v) is 9.86. The van der Waals surface area contributed by atoms with Crippen LogP contribution in [0.25, 0.3) is 11.0 Å².